The highest BCUT2D eigenvalue weighted by atomic mass is 16.6. The number of aromatic nitrogens is 1. The van der Waals surface area contributed by atoms with Gasteiger partial charge in [0.05, 0.1) is 11.5 Å². The highest BCUT2D eigenvalue weighted by molar-refractivity contribution is 5.35. The normalized spacial score (nSPS) is 10.2. The SMILES string of the molecule is Cc1cccc(CCOc2ccc([N+](=O)[O-])cc2)n1. The fraction of sp³-hybridized carbons (Fsp3) is 0.214. The van der Waals surface area contributed by atoms with Crippen molar-refractivity contribution in [1.29, 1.82) is 0 Å². The molecule has 0 saturated heterocycles. The molecule has 0 amide bonds. The molecule has 0 radical (unpaired) electrons. The molecule has 0 spiro atoms. The third kappa shape index (κ3) is 3.77. The summed E-state index contributed by atoms with van der Waals surface area (Å²) in [5, 5.41) is 10.5. The topological polar surface area (TPSA) is 65.3 Å². The van der Waals surface area contributed by atoms with Gasteiger partial charge in [-0.25, -0.2) is 0 Å². The first kappa shape index (κ1) is 13.0. The number of ether oxygens (including phenoxy) is 1. The zero-order valence-electron chi connectivity index (χ0n) is 10.6. The van der Waals surface area contributed by atoms with Gasteiger partial charge in [0.25, 0.3) is 5.69 Å². The first-order valence-electron chi connectivity index (χ1n) is 5.95. The van der Waals surface area contributed by atoms with Crippen LogP contribution in [0.2, 0.25) is 0 Å². The fourth-order valence-corrected chi connectivity index (χ4v) is 1.68. The maximum atomic E-state index is 10.5. The van der Waals surface area contributed by atoms with Crippen LogP contribution in [-0.2, 0) is 6.42 Å². The second kappa shape index (κ2) is 5.95. The Bertz CT molecular complexity index is 567. The highest BCUT2D eigenvalue weighted by Crippen LogP contribution is 2.17. The molecule has 2 aromatic rings. The number of nitro groups is 1. The van der Waals surface area contributed by atoms with E-state index in [0.717, 1.165) is 11.4 Å². The van der Waals surface area contributed by atoms with Crippen LogP contribution in [0.1, 0.15) is 11.4 Å². The lowest BCUT2D eigenvalue weighted by atomic mass is 10.2. The summed E-state index contributed by atoms with van der Waals surface area (Å²) in [4.78, 5) is 14.4. The van der Waals surface area contributed by atoms with E-state index in [1.807, 2.05) is 25.1 Å². The second-order valence-electron chi connectivity index (χ2n) is 4.12. The van der Waals surface area contributed by atoms with Crippen molar-refractivity contribution in [1.82, 2.24) is 4.98 Å². The Morgan fingerprint density at radius 3 is 2.58 bits per heavy atom. The summed E-state index contributed by atoms with van der Waals surface area (Å²) in [6.07, 6.45) is 0.707. The van der Waals surface area contributed by atoms with Crippen LogP contribution in [0.4, 0.5) is 5.69 Å². The predicted molar refractivity (Wildman–Crippen MR) is 71.3 cm³/mol. The van der Waals surface area contributed by atoms with Crippen LogP contribution in [0.15, 0.2) is 42.5 Å². The second-order valence-corrected chi connectivity index (χ2v) is 4.12. The number of aryl methyl sites for hydroxylation is 1. The summed E-state index contributed by atoms with van der Waals surface area (Å²) in [6.45, 7) is 2.44. The number of rotatable bonds is 5. The van der Waals surface area contributed by atoms with E-state index >= 15 is 0 Å². The molecular formula is C14H14N2O3. The molecule has 2 rings (SSSR count). The summed E-state index contributed by atoms with van der Waals surface area (Å²) in [7, 11) is 0. The molecule has 0 atom stereocenters. The maximum Gasteiger partial charge on any atom is 0.269 e. The van der Waals surface area contributed by atoms with Gasteiger partial charge >= 0.3 is 0 Å². The van der Waals surface area contributed by atoms with E-state index in [2.05, 4.69) is 4.98 Å². The zero-order valence-corrected chi connectivity index (χ0v) is 10.6. The molecule has 19 heavy (non-hydrogen) atoms. The van der Waals surface area contributed by atoms with Crippen molar-refractivity contribution >= 4 is 5.69 Å². The molecule has 0 fully saturated rings. The molecule has 0 bridgehead atoms. The molecule has 0 N–H and O–H groups in total. The van der Waals surface area contributed by atoms with E-state index in [1.54, 1.807) is 12.1 Å². The molecule has 1 heterocycles. The number of hydrogen-bond donors (Lipinski definition) is 0. The van der Waals surface area contributed by atoms with E-state index in [0.29, 0.717) is 18.8 Å². The van der Waals surface area contributed by atoms with E-state index in [-0.39, 0.29) is 5.69 Å². The molecule has 1 aromatic heterocycles. The Hall–Kier alpha value is -2.43. The van der Waals surface area contributed by atoms with Crippen molar-refractivity contribution in [3.05, 3.63) is 64.0 Å². The summed E-state index contributed by atoms with van der Waals surface area (Å²) in [6, 6.07) is 11.9. The minimum absolute atomic E-state index is 0.0627. The van der Waals surface area contributed by atoms with Crippen molar-refractivity contribution in [2.45, 2.75) is 13.3 Å². The van der Waals surface area contributed by atoms with Gasteiger partial charge in [-0.05, 0) is 31.2 Å². The Labute approximate surface area is 111 Å². The molecule has 0 saturated carbocycles. The molecule has 0 aliphatic rings. The minimum atomic E-state index is -0.430. The van der Waals surface area contributed by atoms with E-state index < -0.39 is 4.92 Å². The quantitative estimate of drug-likeness (QED) is 0.611. The van der Waals surface area contributed by atoms with Crippen LogP contribution in [0, 0.1) is 17.0 Å². The van der Waals surface area contributed by atoms with Crippen LogP contribution in [0.3, 0.4) is 0 Å². The highest BCUT2D eigenvalue weighted by Gasteiger charge is 2.04. The van der Waals surface area contributed by atoms with Crippen molar-refractivity contribution < 1.29 is 9.66 Å². The fourth-order valence-electron chi connectivity index (χ4n) is 1.68. The van der Waals surface area contributed by atoms with Gasteiger partial charge in [-0.2, -0.15) is 0 Å². The van der Waals surface area contributed by atoms with Gasteiger partial charge in [-0.1, -0.05) is 6.07 Å². The molecule has 5 heteroatoms. The van der Waals surface area contributed by atoms with Crippen molar-refractivity contribution in [3.8, 4) is 5.75 Å². The monoisotopic (exact) mass is 258 g/mol. The summed E-state index contributed by atoms with van der Waals surface area (Å²) >= 11 is 0. The molecular weight excluding hydrogens is 244 g/mol. The van der Waals surface area contributed by atoms with Gasteiger partial charge in [0, 0.05) is 29.9 Å². The van der Waals surface area contributed by atoms with E-state index in [4.69, 9.17) is 4.74 Å². The number of hydrogen-bond acceptors (Lipinski definition) is 4. The van der Waals surface area contributed by atoms with Crippen LogP contribution in [0.5, 0.6) is 5.75 Å². The van der Waals surface area contributed by atoms with Gasteiger partial charge in [0.1, 0.15) is 5.75 Å². The number of non-ortho nitro benzene ring substituents is 1. The Kier molecular flexibility index (Phi) is 4.07. The molecule has 0 unspecified atom stereocenters. The van der Waals surface area contributed by atoms with Gasteiger partial charge in [-0.15, -0.1) is 0 Å². The van der Waals surface area contributed by atoms with Gasteiger partial charge < -0.3 is 4.74 Å². The van der Waals surface area contributed by atoms with E-state index in [1.165, 1.54) is 12.1 Å². The number of nitrogens with zero attached hydrogens (tertiary/aromatic N) is 2. The van der Waals surface area contributed by atoms with Gasteiger partial charge in [0.15, 0.2) is 0 Å². The van der Waals surface area contributed by atoms with E-state index in [9.17, 15) is 10.1 Å². The number of benzene rings is 1. The lowest BCUT2D eigenvalue weighted by Crippen LogP contribution is -2.03. The van der Waals surface area contributed by atoms with Gasteiger partial charge in [0.2, 0.25) is 0 Å². The minimum Gasteiger partial charge on any atom is -0.493 e. The average Bonchev–Trinajstić information content (AvgIpc) is 2.39. The Morgan fingerprint density at radius 1 is 1.21 bits per heavy atom. The lowest BCUT2D eigenvalue weighted by Gasteiger charge is -2.06. The maximum absolute atomic E-state index is 10.5. The number of nitro benzene ring substituents is 1. The summed E-state index contributed by atoms with van der Waals surface area (Å²) < 4.78 is 5.52. The Morgan fingerprint density at radius 2 is 1.95 bits per heavy atom. The zero-order chi connectivity index (χ0) is 13.7. The summed E-state index contributed by atoms with van der Waals surface area (Å²) in [5.74, 6) is 0.623. The first-order valence-corrected chi connectivity index (χ1v) is 5.95. The van der Waals surface area contributed by atoms with Crippen molar-refractivity contribution in [3.63, 3.8) is 0 Å². The van der Waals surface area contributed by atoms with Crippen LogP contribution < -0.4 is 4.74 Å². The smallest absolute Gasteiger partial charge is 0.269 e. The van der Waals surface area contributed by atoms with Crippen molar-refractivity contribution in [2.24, 2.45) is 0 Å². The molecule has 1 aromatic carbocycles. The van der Waals surface area contributed by atoms with Crippen LogP contribution >= 0.6 is 0 Å². The molecule has 0 aliphatic carbocycles. The number of pyridine rings is 1. The average molecular weight is 258 g/mol. The Balaban J connectivity index is 1.87. The third-order valence-corrected chi connectivity index (χ3v) is 2.62. The van der Waals surface area contributed by atoms with Gasteiger partial charge in [-0.3, -0.25) is 15.1 Å². The third-order valence-electron chi connectivity index (χ3n) is 2.62. The lowest BCUT2D eigenvalue weighted by molar-refractivity contribution is -0.384. The predicted octanol–water partition coefficient (Wildman–Crippen LogP) is 2.92. The summed E-state index contributed by atoms with van der Waals surface area (Å²) in [5.41, 5.74) is 2.02. The molecule has 5 nitrogen and oxygen atoms in total. The van der Waals surface area contributed by atoms with Crippen LogP contribution in [-0.4, -0.2) is 16.5 Å². The molecule has 98 valence electrons. The standard InChI is InChI=1S/C14H14N2O3/c1-11-3-2-4-12(15-11)9-10-19-14-7-5-13(6-8-14)16(17)18/h2-8H,9-10H2,1H3. The van der Waals surface area contributed by atoms with Crippen molar-refractivity contribution in [2.75, 3.05) is 6.61 Å². The largest absolute Gasteiger partial charge is 0.493 e. The van der Waals surface area contributed by atoms with Crippen LogP contribution in [0.25, 0.3) is 0 Å². The first-order chi connectivity index (χ1) is 9.15. The molecule has 0 aliphatic heterocycles.